The number of carbonyl (C=O) groups is 1. The van der Waals surface area contributed by atoms with Crippen LogP contribution in [-0.2, 0) is 9.53 Å². The van der Waals surface area contributed by atoms with Gasteiger partial charge in [-0.1, -0.05) is 6.42 Å². The van der Waals surface area contributed by atoms with Crippen molar-refractivity contribution in [1.29, 1.82) is 0 Å². The maximum Gasteiger partial charge on any atom is 0.307 e. The average Bonchev–Trinajstić information content (AvgIpc) is 2.18. The summed E-state index contributed by atoms with van der Waals surface area (Å²) < 4.78 is 5.30. The topological polar surface area (TPSA) is 26.3 Å². The minimum absolute atomic E-state index is 0.154. The largest absolute Gasteiger partial charge is 0.431 e. The number of carbonyl (C=O) groups excluding carboxylic acids is 1. The van der Waals surface area contributed by atoms with Crippen LogP contribution >= 0.6 is 0 Å². The van der Waals surface area contributed by atoms with E-state index in [-0.39, 0.29) is 5.97 Å². The lowest BCUT2D eigenvalue weighted by molar-refractivity contribution is -0.137. The molecule has 0 aromatic carbocycles. The average molecular weight is 194 g/mol. The van der Waals surface area contributed by atoms with Gasteiger partial charge in [0.1, 0.15) is 5.76 Å². The first-order valence-corrected chi connectivity index (χ1v) is 5.67. The molecule has 0 aromatic heterocycles. The molecule has 0 radical (unpaired) electrons. The van der Waals surface area contributed by atoms with E-state index in [1.807, 2.05) is 0 Å². The predicted octanol–water partition coefficient (Wildman–Crippen LogP) is 3.18. The Hall–Kier alpha value is -0.790. The van der Waals surface area contributed by atoms with E-state index in [9.17, 15) is 4.79 Å². The van der Waals surface area contributed by atoms with E-state index >= 15 is 0 Å². The van der Waals surface area contributed by atoms with Gasteiger partial charge in [0.2, 0.25) is 0 Å². The van der Waals surface area contributed by atoms with E-state index in [0.29, 0.717) is 0 Å². The Morgan fingerprint density at radius 1 is 1.21 bits per heavy atom. The molecule has 0 aromatic rings. The Bertz CT molecular complexity index is 265. The second-order valence-corrected chi connectivity index (χ2v) is 4.38. The summed E-state index contributed by atoms with van der Waals surface area (Å²) in [6.07, 6.45) is 8.56. The Balaban J connectivity index is 2.16. The number of fused-ring (bicyclic) bond motifs is 1. The summed E-state index contributed by atoms with van der Waals surface area (Å²) in [4.78, 5) is 10.9. The summed E-state index contributed by atoms with van der Waals surface area (Å²) in [6, 6.07) is 0. The van der Waals surface area contributed by atoms with Crippen LogP contribution in [0.2, 0.25) is 0 Å². The molecule has 2 heteroatoms. The molecule has 0 spiro atoms. The van der Waals surface area contributed by atoms with Gasteiger partial charge in [-0.2, -0.15) is 0 Å². The monoisotopic (exact) mass is 194 g/mol. The quantitative estimate of drug-likeness (QED) is 0.599. The summed E-state index contributed by atoms with van der Waals surface area (Å²) in [7, 11) is 0. The first-order valence-electron chi connectivity index (χ1n) is 5.67. The van der Waals surface area contributed by atoms with Gasteiger partial charge in [0, 0.05) is 13.3 Å². The van der Waals surface area contributed by atoms with Gasteiger partial charge in [-0.3, -0.25) is 4.79 Å². The van der Waals surface area contributed by atoms with E-state index in [0.717, 1.165) is 24.5 Å². The van der Waals surface area contributed by atoms with E-state index < -0.39 is 0 Å². The van der Waals surface area contributed by atoms with Crippen molar-refractivity contribution in [3.8, 4) is 0 Å². The van der Waals surface area contributed by atoms with E-state index in [1.165, 1.54) is 44.6 Å². The number of esters is 1. The third kappa shape index (κ3) is 1.99. The second-order valence-electron chi connectivity index (χ2n) is 4.38. The van der Waals surface area contributed by atoms with Crippen molar-refractivity contribution >= 4 is 5.97 Å². The molecule has 78 valence electrons. The third-order valence-electron chi connectivity index (χ3n) is 3.32. The fourth-order valence-corrected chi connectivity index (χ4v) is 2.73. The fraction of sp³-hybridized carbons (Fsp3) is 0.750. The zero-order valence-electron chi connectivity index (χ0n) is 8.84. The molecule has 0 bridgehead atoms. The summed E-state index contributed by atoms with van der Waals surface area (Å²) >= 11 is 0. The Labute approximate surface area is 85.3 Å². The van der Waals surface area contributed by atoms with Crippen LogP contribution in [0.25, 0.3) is 0 Å². The Morgan fingerprint density at radius 3 is 2.79 bits per heavy atom. The lowest BCUT2D eigenvalue weighted by Crippen LogP contribution is -2.18. The van der Waals surface area contributed by atoms with Crippen LogP contribution in [0, 0.1) is 5.92 Å². The van der Waals surface area contributed by atoms with Gasteiger partial charge in [-0.15, -0.1) is 0 Å². The first-order chi connectivity index (χ1) is 6.77. The molecule has 1 unspecified atom stereocenters. The van der Waals surface area contributed by atoms with Crippen molar-refractivity contribution in [3.05, 3.63) is 11.3 Å². The zero-order valence-corrected chi connectivity index (χ0v) is 8.84. The first kappa shape index (κ1) is 9.75. The highest BCUT2D eigenvalue weighted by Crippen LogP contribution is 2.40. The fourth-order valence-electron chi connectivity index (χ4n) is 2.73. The number of hydrogen-bond donors (Lipinski definition) is 0. The standard InChI is InChI=1S/C12H18O2/c1-9(13)14-12-8-4-6-10-5-2-3-7-11(10)12/h10H,2-8H2,1H3. The number of rotatable bonds is 1. The van der Waals surface area contributed by atoms with Gasteiger partial charge < -0.3 is 4.74 Å². The zero-order chi connectivity index (χ0) is 9.97. The number of hydrogen-bond acceptors (Lipinski definition) is 2. The maximum absolute atomic E-state index is 10.9. The van der Waals surface area contributed by atoms with Crippen LogP contribution in [0.5, 0.6) is 0 Å². The normalized spacial score (nSPS) is 27.1. The van der Waals surface area contributed by atoms with Gasteiger partial charge in [0.15, 0.2) is 0 Å². The molecule has 1 saturated carbocycles. The van der Waals surface area contributed by atoms with E-state index in [1.54, 1.807) is 0 Å². The molecule has 0 aliphatic heterocycles. The van der Waals surface area contributed by atoms with Crippen LogP contribution < -0.4 is 0 Å². The van der Waals surface area contributed by atoms with Crippen LogP contribution in [0.3, 0.4) is 0 Å². The van der Waals surface area contributed by atoms with Gasteiger partial charge in [0.05, 0.1) is 0 Å². The molecule has 2 aliphatic carbocycles. The smallest absolute Gasteiger partial charge is 0.307 e. The SMILES string of the molecule is CC(=O)OC1=C2CCCCC2CCC1. The third-order valence-corrected chi connectivity index (χ3v) is 3.32. The molecule has 2 aliphatic rings. The molecule has 1 fully saturated rings. The second kappa shape index (κ2) is 4.16. The summed E-state index contributed by atoms with van der Waals surface area (Å²) in [5.74, 6) is 1.58. The minimum Gasteiger partial charge on any atom is -0.431 e. The van der Waals surface area contributed by atoms with Crippen LogP contribution in [0.4, 0.5) is 0 Å². The highest BCUT2D eigenvalue weighted by atomic mass is 16.5. The summed E-state index contributed by atoms with van der Waals surface area (Å²) in [6.45, 7) is 1.50. The summed E-state index contributed by atoms with van der Waals surface area (Å²) in [5, 5.41) is 0. The Morgan fingerprint density at radius 2 is 2.00 bits per heavy atom. The highest BCUT2D eigenvalue weighted by molar-refractivity contribution is 5.67. The van der Waals surface area contributed by atoms with Crippen LogP contribution in [0.1, 0.15) is 51.9 Å². The van der Waals surface area contributed by atoms with Crippen molar-refractivity contribution in [1.82, 2.24) is 0 Å². The minimum atomic E-state index is -0.154. The maximum atomic E-state index is 10.9. The van der Waals surface area contributed by atoms with Crippen LogP contribution in [-0.4, -0.2) is 5.97 Å². The number of allylic oxidation sites excluding steroid dienone is 2. The molecular weight excluding hydrogens is 176 g/mol. The van der Waals surface area contributed by atoms with Gasteiger partial charge >= 0.3 is 5.97 Å². The van der Waals surface area contributed by atoms with Crippen molar-refractivity contribution in [2.24, 2.45) is 5.92 Å². The molecule has 0 saturated heterocycles. The Kier molecular flexibility index (Phi) is 2.90. The van der Waals surface area contributed by atoms with Gasteiger partial charge in [-0.05, 0) is 43.6 Å². The van der Waals surface area contributed by atoms with Crippen molar-refractivity contribution < 1.29 is 9.53 Å². The van der Waals surface area contributed by atoms with Crippen molar-refractivity contribution in [2.45, 2.75) is 51.9 Å². The van der Waals surface area contributed by atoms with E-state index in [4.69, 9.17) is 4.74 Å². The molecule has 2 rings (SSSR count). The van der Waals surface area contributed by atoms with Crippen LogP contribution in [0.15, 0.2) is 11.3 Å². The summed E-state index contributed by atoms with van der Waals surface area (Å²) in [5.41, 5.74) is 1.46. The molecule has 0 amide bonds. The predicted molar refractivity (Wildman–Crippen MR) is 54.6 cm³/mol. The van der Waals surface area contributed by atoms with Crippen molar-refractivity contribution in [2.75, 3.05) is 0 Å². The lowest BCUT2D eigenvalue weighted by atomic mass is 9.77. The number of ether oxygens (including phenoxy) is 1. The molecule has 0 N–H and O–H groups in total. The highest BCUT2D eigenvalue weighted by Gasteiger charge is 2.26. The van der Waals surface area contributed by atoms with Gasteiger partial charge in [-0.25, -0.2) is 0 Å². The molecule has 0 heterocycles. The molecule has 2 nitrogen and oxygen atoms in total. The van der Waals surface area contributed by atoms with E-state index in [2.05, 4.69) is 0 Å². The molecule has 1 atom stereocenters. The molecule has 14 heavy (non-hydrogen) atoms. The lowest BCUT2D eigenvalue weighted by Gasteiger charge is -2.31. The molecular formula is C12H18O2. The van der Waals surface area contributed by atoms with Crippen molar-refractivity contribution in [3.63, 3.8) is 0 Å². The van der Waals surface area contributed by atoms with Gasteiger partial charge in [0.25, 0.3) is 0 Å².